The zero-order chi connectivity index (χ0) is 25.0. The van der Waals surface area contributed by atoms with Gasteiger partial charge in [0.25, 0.3) is 0 Å². The van der Waals surface area contributed by atoms with E-state index in [9.17, 15) is 10.2 Å². The highest BCUT2D eigenvalue weighted by molar-refractivity contribution is 5.81. The molecule has 4 heterocycles. The number of imidazole rings is 2. The molecule has 0 unspecified atom stereocenters. The Hall–Kier alpha value is -3.12. The van der Waals surface area contributed by atoms with Crippen molar-refractivity contribution in [1.82, 2.24) is 34.4 Å². The number of H-pyrrole nitrogens is 1. The van der Waals surface area contributed by atoms with Gasteiger partial charge < -0.3 is 30.6 Å². The second kappa shape index (κ2) is 9.07. The van der Waals surface area contributed by atoms with E-state index in [1.807, 2.05) is 0 Å². The molecule has 1 aliphatic heterocycles. The minimum atomic E-state index is -1.10. The van der Waals surface area contributed by atoms with Crippen LogP contribution in [0, 0.1) is 12.8 Å². The molecular formula is C25H32N8O3. The van der Waals surface area contributed by atoms with Crippen molar-refractivity contribution < 1.29 is 14.9 Å². The molecule has 1 saturated carbocycles. The van der Waals surface area contributed by atoms with Crippen molar-refractivity contribution in [3.05, 3.63) is 42.2 Å². The predicted molar refractivity (Wildman–Crippen MR) is 134 cm³/mol. The molecule has 5 N–H and O–H groups in total. The number of aliphatic hydroxyl groups excluding tert-OH is 2. The van der Waals surface area contributed by atoms with E-state index in [-0.39, 0.29) is 5.82 Å². The molecule has 4 aromatic rings. The monoisotopic (exact) mass is 492 g/mol. The summed E-state index contributed by atoms with van der Waals surface area (Å²) in [6.07, 6.45) is 3.69. The van der Waals surface area contributed by atoms with Crippen molar-refractivity contribution in [2.24, 2.45) is 5.92 Å². The molecule has 0 bridgehead atoms. The molecule has 6 rings (SSSR count). The number of aryl methyl sites for hydroxylation is 2. The molecule has 2 aliphatic rings. The highest BCUT2D eigenvalue weighted by Gasteiger charge is 2.45. The lowest BCUT2D eigenvalue weighted by atomic mass is 9.76. The van der Waals surface area contributed by atoms with E-state index in [4.69, 9.17) is 15.5 Å². The Labute approximate surface area is 208 Å². The average molecular weight is 493 g/mol. The maximum absolute atomic E-state index is 10.7. The maximum Gasteiger partial charge on any atom is 0.167 e. The van der Waals surface area contributed by atoms with Crippen LogP contribution >= 0.6 is 0 Å². The molecule has 190 valence electrons. The minimum absolute atomic E-state index is 0.262. The lowest BCUT2D eigenvalue weighted by molar-refractivity contribution is -0.0514. The van der Waals surface area contributed by atoms with Gasteiger partial charge in [0.15, 0.2) is 17.7 Å². The Morgan fingerprint density at radius 1 is 1.19 bits per heavy atom. The van der Waals surface area contributed by atoms with Crippen LogP contribution in [0.15, 0.2) is 30.9 Å². The largest absolute Gasteiger partial charge is 0.387 e. The Morgan fingerprint density at radius 2 is 2.03 bits per heavy atom. The summed E-state index contributed by atoms with van der Waals surface area (Å²) < 4.78 is 7.72. The van der Waals surface area contributed by atoms with Gasteiger partial charge in [0, 0.05) is 19.0 Å². The highest BCUT2D eigenvalue weighted by Crippen LogP contribution is 2.37. The van der Waals surface area contributed by atoms with Gasteiger partial charge in [-0.25, -0.2) is 19.9 Å². The number of likely N-dealkylation sites (N-methyl/N-ethyl adjacent to an activating group) is 1. The van der Waals surface area contributed by atoms with Crippen LogP contribution in [0.2, 0.25) is 0 Å². The van der Waals surface area contributed by atoms with E-state index < -0.39 is 24.5 Å². The number of nitrogens with two attached hydrogens (primary N) is 1. The summed E-state index contributed by atoms with van der Waals surface area (Å²) in [6.45, 7) is 2.62. The number of aromatic nitrogens is 6. The third-order valence-electron chi connectivity index (χ3n) is 7.78. The Bertz CT molecular complexity index is 1380. The Morgan fingerprint density at radius 3 is 2.86 bits per heavy atom. The molecule has 0 amide bonds. The number of rotatable bonds is 7. The molecule has 11 heteroatoms. The summed E-state index contributed by atoms with van der Waals surface area (Å²) in [4.78, 5) is 22.8. The number of nitrogen functional groups attached to an aromatic ring is 1. The third kappa shape index (κ3) is 4.11. The number of hydrogen-bond donors (Lipinski definition) is 4. The van der Waals surface area contributed by atoms with Gasteiger partial charge in [0.2, 0.25) is 0 Å². The van der Waals surface area contributed by atoms with Gasteiger partial charge in [0.1, 0.15) is 36.0 Å². The van der Waals surface area contributed by atoms with Crippen molar-refractivity contribution in [3.63, 3.8) is 0 Å². The molecule has 0 spiro atoms. The lowest BCUT2D eigenvalue weighted by Gasteiger charge is -2.42. The number of hydrogen-bond acceptors (Lipinski definition) is 9. The van der Waals surface area contributed by atoms with Crippen LogP contribution in [0.4, 0.5) is 5.82 Å². The third-order valence-corrected chi connectivity index (χ3v) is 7.78. The fourth-order valence-corrected chi connectivity index (χ4v) is 5.53. The summed E-state index contributed by atoms with van der Waals surface area (Å²) in [5, 5.41) is 21.4. The Kier molecular flexibility index (Phi) is 5.87. The van der Waals surface area contributed by atoms with Crippen molar-refractivity contribution in [2.45, 2.75) is 63.2 Å². The van der Waals surface area contributed by atoms with E-state index in [0.717, 1.165) is 42.5 Å². The molecule has 1 aliphatic carbocycles. The first-order chi connectivity index (χ1) is 17.4. The molecule has 3 aromatic heterocycles. The lowest BCUT2D eigenvalue weighted by Crippen LogP contribution is -2.47. The highest BCUT2D eigenvalue weighted by atomic mass is 16.6. The van der Waals surface area contributed by atoms with Crippen molar-refractivity contribution in [2.75, 3.05) is 19.3 Å². The average Bonchev–Trinajstić information content (AvgIpc) is 3.50. The van der Waals surface area contributed by atoms with Crippen LogP contribution in [-0.4, -0.2) is 82.5 Å². The summed E-state index contributed by atoms with van der Waals surface area (Å²) in [5.41, 5.74) is 10.1. The quantitative estimate of drug-likeness (QED) is 0.301. The van der Waals surface area contributed by atoms with Gasteiger partial charge in [-0.15, -0.1) is 0 Å². The number of aliphatic hydroxyl groups is 2. The summed E-state index contributed by atoms with van der Waals surface area (Å²) >= 11 is 0. The predicted octanol–water partition coefficient (Wildman–Crippen LogP) is 1.56. The molecule has 1 aromatic carbocycles. The summed E-state index contributed by atoms with van der Waals surface area (Å²) in [5.74, 6) is 1.97. The summed E-state index contributed by atoms with van der Waals surface area (Å²) in [7, 11) is 2.05. The van der Waals surface area contributed by atoms with Crippen molar-refractivity contribution in [3.8, 4) is 0 Å². The number of aromatic amines is 1. The van der Waals surface area contributed by atoms with Gasteiger partial charge in [-0.2, -0.15) is 0 Å². The van der Waals surface area contributed by atoms with E-state index in [0.29, 0.717) is 29.7 Å². The fraction of sp³-hybridized carbons (Fsp3) is 0.520. The second-order valence-electron chi connectivity index (χ2n) is 10.3. The molecule has 2 fully saturated rings. The standard InChI is InChI=1S/C25H32N8O3/c1-13-3-5-16-17(7-13)31-19(30-16)6-4-14-8-15(9-14)32(2)10-18-21(34)22(35)25(36-18)33-12-29-20-23(26)27-11-28-24(20)33/h3,5,7,11-12,14-15,18,21-22,25,34-35H,4,6,8-10H2,1-2H3,(H,30,31)(H2,26,27,28)/t14?,15?,18-,21-,22-,25-/m1/s1. The second-order valence-corrected chi connectivity index (χ2v) is 10.3. The number of nitrogens with zero attached hydrogens (tertiary/aromatic N) is 6. The van der Waals surface area contributed by atoms with Gasteiger partial charge >= 0.3 is 0 Å². The van der Waals surface area contributed by atoms with E-state index >= 15 is 0 Å². The number of fused-ring (bicyclic) bond motifs is 2. The molecule has 36 heavy (non-hydrogen) atoms. The van der Waals surface area contributed by atoms with E-state index in [2.05, 4.69) is 57.0 Å². The zero-order valence-electron chi connectivity index (χ0n) is 20.4. The number of ether oxygens (including phenoxy) is 1. The van der Waals surface area contributed by atoms with Crippen molar-refractivity contribution >= 4 is 28.0 Å². The van der Waals surface area contributed by atoms with E-state index in [1.165, 1.54) is 18.2 Å². The topological polar surface area (TPSA) is 151 Å². The van der Waals surface area contributed by atoms with Crippen LogP contribution in [0.1, 0.15) is 36.9 Å². The van der Waals surface area contributed by atoms with Crippen LogP contribution < -0.4 is 5.73 Å². The number of nitrogens with one attached hydrogen (secondary N) is 1. The van der Waals surface area contributed by atoms with Crippen LogP contribution in [-0.2, 0) is 11.2 Å². The normalized spacial score (nSPS) is 28.4. The van der Waals surface area contributed by atoms with Crippen molar-refractivity contribution in [1.29, 1.82) is 0 Å². The first-order valence-corrected chi connectivity index (χ1v) is 12.5. The first kappa shape index (κ1) is 23.3. The van der Waals surface area contributed by atoms with Gasteiger partial charge in [0.05, 0.1) is 17.4 Å². The van der Waals surface area contributed by atoms with Gasteiger partial charge in [-0.1, -0.05) is 6.07 Å². The molecule has 1 saturated heterocycles. The molecule has 0 radical (unpaired) electrons. The minimum Gasteiger partial charge on any atom is -0.387 e. The van der Waals surface area contributed by atoms with Crippen LogP contribution in [0.5, 0.6) is 0 Å². The smallest absolute Gasteiger partial charge is 0.167 e. The Balaban J connectivity index is 1.02. The van der Waals surface area contributed by atoms with Gasteiger partial charge in [-0.05, 0) is 56.8 Å². The van der Waals surface area contributed by atoms with Crippen LogP contribution in [0.3, 0.4) is 0 Å². The number of benzene rings is 1. The first-order valence-electron chi connectivity index (χ1n) is 12.5. The van der Waals surface area contributed by atoms with E-state index in [1.54, 1.807) is 4.57 Å². The summed E-state index contributed by atoms with van der Waals surface area (Å²) in [6, 6.07) is 6.73. The molecular weight excluding hydrogens is 460 g/mol. The SMILES string of the molecule is Cc1ccc2nc(CCC3CC(N(C)C[C@H]4O[C@@H](n5cnc6c(N)ncnc65)[C@H](O)[C@@H]4O)C3)[nH]c2c1. The fourth-order valence-electron chi connectivity index (χ4n) is 5.53. The number of anilines is 1. The zero-order valence-corrected chi connectivity index (χ0v) is 20.4. The maximum atomic E-state index is 10.7. The van der Waals surface area contributed by atoms with Crippen LogP contribution in [0.25, 0.3) is 22.2 Å². The molecule has 11 nitrogen and oxygen atoms in total. The van der Waals surface area contributed by atoms with Gasteiger partial charge in [-0.3, -0.25) is 4.57 Å². The molecule has 4 atom stereocenters.